The topological polar surface area (TPSA) is 94.2 Å². The highest BCUT2D eigenvalue weighted by Crippen LogP contribution is 2.36. The first-order valence-corrected chi connectivity index (χ1v) is 9.79. The Morgan fingerprint density at radius 1 is 1.12 bits per heavy atom. The molecule has 1 atom stereocenters. The molecule has 11 heteroatoms. The summed E-state index contributed by atoms with van der Waals surface area (Å²) in [5.41, 5.74) is -1.02. The molecule has 2 aromatic carbocycles. The smallest absolute Gasteiger partial charge is 0.418 e. The summed E-state index contributed by atoms with van der Waals surface area (Å²) in [5.74, 6) is -2.03. The van der Waals surface area contributed by atoms with Crippen molar-refractivity contribution in [2.24, 2.45) is 5.92 Å². The van der Waals surface area contributed by atoms with Gasteiger partial charge in [-0.2, -0.15) is 13.2 Å². The number of anilines is 2. The molecule has 1 aliphatic rings. The number of para-hydroxylation sites is 1. The fourth-order valence-electron chi connectivity index (χ4n) is 3.39. The standard InChI is InChI=1S/C22H21F3N2O6/c1-31-14-7-8-17(18(10-14)32-2)27-11-13(9-20(27)29)21(30)33-12-19(28)26-16-6-4-3-5-15(16)22(23,24)25/h3-8,10,13H,9,11-12H2,1-2H3,(H,26,28)/t13-/m0/s1. The van der Waals surface area contributed by atoms with Crippen LogP contribution in [-0.4, -0.2) is 45.2 Å². The van der Waals surface area contributed by atoms with Crippen molar-refractivity contribution < 1.29 is 41.8 Å². The summed E-state index contributed by atoms with van der Waals surface area (Å²) >= 11 is 0. The van der Waals surface area contributed by atoms with Crippen LogP contribution in [0.4, 0.5) is 24.5 Å². The van der Waals surface area contributed by atoms with Crippen molar-refractivity contribution in [2.45, 2.75) is 12.6 Å². The highest BCUT2D eigenvalue weighted by molar-refractivity contribution is 6.01. The molecule has 1 fully saturated rings. The predicted molar refractivity (Wildman–Crippen MR) is 111 cm³/mol. The van der Waals surface area contributed by atoms with Crippen LogP contribution in [0.2, 0.25) is 0 Å². The number of methoxy groups -OCH3 is 2. The highest BCUT2D eigenvalue weighted by atomic mass is 19.4. The number of benzene rings is 2. The summed E-state index contributed by atoms with van der Waals surface area (Å²) in [6, 6.07) is 9.31. The van der Waals surface area contributed by atoms with Crippen molar-refractivity contribution in [1.82, 2.24) is 0 Å². The van der Waals surface area contributed by atoms with Crippen LogP contribution in [-0.2, 0) is 25.3 Å². The van der Waals surface area contributed by atoms with Gasteiger partial charge < -0.3 is 24.4 Å². The van der Waals surface area contributed by atoms with E-state index in [9.17, 15) is 27.6 Å². The molecule has 1 heterocycles. The van der Waals surface area contributed by atoms with Crippen LogP contribution in [0.15, 0.2) is 42.5 Å². The van der Waals surface area contributed by atoms with Crippen molar-refractivity contribution in [3.63, 3.8) is 0 Å². The van der Waals surface area contributed by atoms with Crippen molar-refractivity contribution in [1.29, 1.82) is 0 Å². The molecule has 0 radical (unpaired) electrons. The van der Waals surface area contributed by atoms with Gasteiger partial charge in [-0.05, 0) is 24.3 Å². The van der Waals surface area contributed by atoms with Gasteiger partial charge in [-0.3, -0.25) is 14.4 Å². The molecule has 2 amide bonds. The third kappa shape index (κ3) is 5.54. The number of nitrogens with one attached hydrogen (secondary N) is 1. The van der Waals surface area contributed by atoms with Crippen LogP contribution in [0.5, 0.6) is 11.5 Å². The third-order valence-corrected chi connectivity index (χ3v) is 4.99. The molecule has 1 aliphatic heterocycles. The van der Waals surface area contributed by atoms with Crippen LogP contribution in [0.3, 0.4) is 0 Å². The molecule has 0 bridgehead atoms. The van der Waals surface area contributed by atoms with E-state index in [1.54, 1.807) is 18.2 Å². The first-order valence-electron chi connectivity index (χ1n) is 9.79. The molecule has 3 rings (SSSR count). The number of rotatable bonds is 7. The van der Waals surface area contributed by atoms with E-state index in [4.69, 9.17) is 14.2 Å². The lowest BCUT2D eigenvalue weighted by molar-refractivity contribution is -0.151. The maximum absolute atomic E-state index is 13.0. The van der Waals surface area contributed by atoms with E-state index in [0.717, 1.165) is 12.1 Å². The molecule has 0 aliphatic carbocycles. The Balaban J connectivity index is 1.60. The van der Waals surface area contributed by atoms with Gasteiger partial charge in [0.25, 0.3) is 5.91 Å². The zero-order chi connectivity index (χ0) is 24.2. The van der Waals surface area contributed by atoms with E-state index >= 15 is 0 Å². The minimum atomic E-state index is -4.66. The fourth-order valence-corrected chi connectivity index (χ4v) is 3.39. The number of halogens is 3. The average Bonchev–Trinajstić information content (AvgIpc) is 3.18. The number of carbonyl (C=O) groups is 3. The summed E-state index contributed by atoms with van der Waals surface area (Å²) < 4.78 is 54.5. The van der Waals surface area contributed by atoms with Crippen molar-refractivity contribution in [3.05, 3.63) is 48.0 Å². The summed E-state index contributed by atoms with van der Waals surface area (Å²) in [6.45, 7) is -0.791. The summed E-state index contributed by atoms with van der Waals surface area (Å²) in [7, 11) is 2.92. The maximum Gasteiger partial charge on any atom is 0.418 e. The van der Waals surface area contributed by atoms with Gasteiger partial charge in [-0.1, -0.05) is 12.1 Å². The van der Waals surface area contributed by atoms with Gasteiger partial charge in [0.05, 0.1) is 37.1 Å². The van der Waals surface area contributed by atoms with Gasteiger partial charge in [0, 0.05) is 19.0 Å². The fraction of sp³-hybridized carbons (Fsp3) is 0.318. The zero-order valence-corrected chi connectivity index (χ0v) is 17.8. The van der Waals surface area contributed by atoms with Crippen LogP contribution >= 0.6 is 0 Å². The van der Waals surface area contributed by atoms with Gasteiger partial charge in [0.15, 0.2) is 6.61 Å². The first-order chi connectivity index (χ1) is 15.6. The van der Waals surface area contributed by atoms with Crippen molar-refractivity contribution in [2.75, 3.05) is 37.6 Å². The van der Waals surface area contributed by atoms with Gasteiger partial charge in [-0.25, -0.2) is 0 Å². The van der Waals surface area contributed by atoms with Crippen LogP contribution in [0.25, 0.3) is 0 Å². The molecule has 2 aromatic rings. The Morgan fingerprint density at radius 3 is 2.52 bits per heavy atom. The highest BCUT2D eigenvalue weighted by Gasteiger charge is 2.38. The Kier molecular flexibility index (Phi) is 7.10. The monoisotopic (exact) mass is 466 g/mol. The molecular formula is C22H21F3N2O6. The second-order valence-corrected chi connectivity index (χ2v) is 7.14. The SMILES string of the molecule is COc1ccc(N2C[C@@H](C(=O)OCC(=O)Nc3ccccc3C(F)(F)F)CC2=O)c(OC)c1. The molecule has 0 saturated carbocycles. The molecule has 0 aromatic heterocycles. The lowest BCUT2D eigenvalue weighted by Crippen LogP contribution is -2.28. The zero-order valence-electron chi connectivity index (χ0n) is 17.8. The Labute approximate surface area is 187 Å². The normalized spacial score (nSPS) is 15.8. The molecule has 0 unspecified atom stereocenters. The number of ether oxygens (including phenoxy) is 3. The predicted octanol–water partition coefficient (Wildman–Crippen LogP) is 3.26. The van der Waals surface area contributed by atoms with E-state index in [-0.39, 0.29) is 18.9 Å². The Hall–Kier alpha value is -3.76. The quantitative estimate of drug-likeness (QED) is 0.630. The van der Waals surface area contributed by atoms with Gasteiger partial charge in [0.1, 0.15) is 11.5 Å². The molecule has 33 heavy (non-hydrogen) atoms. The molecule has 0 spiro atoms. The Bertz CT molecular complexity index is 1060. The molecular weight excluding hydrogens is 445 g/mol. The lowest BCUT2D eigenvalue weighted by Gasteiger charge is -2.20. The van der Waals surface area contributed by atoms with Gasteiger partial charge in [0.2, 0.25) is 5.91 Å². The van der Waals surface area contributed by atoms with E-state index in [0.29, 0.717) is 17.2 Å². The van der Waals surface area contributed by atoms with E-state index in [1.807, 2.05) is 0 Å². The van der Waals surface area contributed by atoms with E-state index in [2.05, 4.69) is 5.32 Å². The number of hydrogen-bond acceptors (Lipinski definition) is 6. The van der Waals surface area contributed by atoms with Crippen molar-refractivity contribution >= 4 is 29.2 Å². The second-order valence-electron chi connectivity index (χ2n) is 7.14. The molecule has 8 nitrogen and oxygen atoms in total. The molecule has 176 valence electrons. The minimum Gasteiger partial charge on any atom is -0.497 e. The van der Waals surface area contributed by atoms with Crippen LogP contribution in [0, 0.1) is 5.92 Å². The van der Waals surface area contributed by atoms with E-state index in [1.165, 1.54) is 31.3 Å². The number of hydrogen-bond donors (Lipinski definition) is 1. The maximum atomic E-state index is 13.0. The number of nitrogens with zero attached hydrogens (tertiary/aromatic N) is 1. The van der Waals surface area contributed by atoms with Crippen LogP contribution in [0.1, 0.15) is 12.0 Å². The lowest BCUT2D eigenvalue weighted by atomic mass is 10.1. The van der Waals surface area contributed by atoms with Gasteiger partial charge in [-0.15, -0.1) is 0 Å². The minimum absolute atomic E-state index is 0.00111. The second kappa shape index (κ2) is 9.80. The largest absolute Gasteiger partial charge is 0.497 e. The molecule has 1 N–H and O–H groups in total. The number of carbonyl (C=O) groups excluding carboxylic acids is 3. The average molecular weight is 466 g/mol. The third-order valence-electron chi connectivity index (χ3n) is 4.99. The number of esters is 1. The molecule has 1 saturated heterocycles. The van der Waals surface area contributed by atoms with Crippen molar-refractivity contribution in [3.8, 4) is 11.5 Å². The van der Waals surface area contributed by atoms with Crippen LogP contribution < -0.4 is 19.7 Å². The van der Waals surface area contributed by atoms with E-state index < -0.39 is 41.8 Å². The Morgan fingerprint density at radius 2 is 1.85 bits per heavy atom. The summed E-state index contributed by atoms with van der Waals surface area (Å²) in [5, 5.41) is 2.09. The summed E-state index contributed by atoms with van der Waals surface area (Å²) in [6.07, 6.45) is -4.80. The number of alkyl halides is 3. The van der Waals surface area contributed by atoms with Gasteiger partial charge >= 0.3 is 12.1 Å². The summed E-state index contributed by atoms with van der Waals surface area (Å²) in [4.78, 5) is 38.3. The first kappa shape index (κ1) is 23.9. The number of amides is 2.